The van der Waals surface area contributed by atoms with E-state index >= 15 is 0 Å². The minimum Gasteiger partial charge on any atom is -0.320 e. The van der Waals surface area contributed by atoms with Crippen LogP contribution in [0.1, 0.15) is 17.8 Å². The van der Waals surface area contributed by atoms with Gasteiger partial charge in [0.2, 0.25) is 0 Å². The van der Waals surface area contributed by atoms with E-state index in [4.69, 9.17) is 0 Å². The van der Waals surface area contributed by atoms with Gasteiger partial charge >= 0.3 is 0 Å². The molecule has 0 atom stereocenters. The van der Waals surface area contributed by atoms with Crippen molar-refractivity contribution in [1.82, 2.24) is 14.7 Å². The highest BCUT2D eigenvalue weighted by molar-refractivity contribution is 9.10. The van der Waals surface area contributed by atoms with Gasteiger partial charge in [-0.3, -0.25) is 0 Å². The zero-order chi connectivity index (χ0) is 11.5. The first-order chi connectivity index (χ1) is 7.74. The molecule has 16 heavy (non-hydrogen) atoms. The highest BCUT2D eigenvalue weighted by Crippen LogP contribution is 2.22. The van der Waals surface area contributed by atoms with Crippen LogP contribution in [-0.4, -0.2) is 23.0 Å². The standard InChI is InChI=1S/C12H16BrN3/c1-9-5-4-8-16-10(6-3-7-14-2)15-12(13)11(9)16/h4-5,8,14H,3,6-7H2,1-2H3. The number of aryl methyl sites for hydroxylation is 2. The Bertz CT molecular complexity index is 490. The van der Waals surface area contributed by atoms with E-state index < -0.39 is 0 Å². The number of halogens is 1. The number of fused-ring (bicyclic) bond motifs is 1. The van der Waals surface area contributed by atoms with E-state index in [0.29, 0.717) is 0 Å². The van der Waals surface area contributed by atoms with Crippen LogP contribution in [0.5, 0.6) is 0 Å². The molecule has 0 radical (unpaired) electrons. The van der Waals surface area contributed by atoms with Crippen molar-refractivity contribution in [2.24, 2.45) is 0 Å². The summed E-state index contributed by atoms with van der Waals surface area (Å²) in [5.74, 6) is 1.13. The van der Waals surface area contributed by atoms with Gasteiger partial charge < -0.3 is 9.72 Å². The third kappa shape index (κ3) is 2.13. The first kappa shape index (κ1) is 11.6. The Kier molecular flexibility index (Phi) is 3.61. The molecule has 86 valence electrons. The largest absolute Gasteiger partial charge is 0.320 e. The molecule has 0 aromatic carbocycles. The lowest BCUT2D eigenvalue weighted by molar-refractivity contribution is 0.700. The maximum Gasteiger partial charge on any atom is 0.132 e. The van der Waals surface area contributed by atoms with E-state index in [-0.39, 0.29) is 0 Å². The summed E-state index contributed by atoms with van der Waals surface area (Å²) >= 11 is 3.53. The number of aromatic nitrogens is 2. The molecule has 0 bridgehead atoms. The third-order valence-electron chi connectivity index (χ3n) is 2.72. The van der Waals surface area contributed by atoms with Crippen LogP contribution in [0.15, 0.2) is 22.9 Å². The van der Waals surface area contributed by atoms with Crippen LogP contribution in [0.2, 0.25) is 0 Å². The molecule has 0 saturated heterocycles. The Balaban J connectivity index is 2.36. The lowest BCUT2D eigenvalue weighted by Crippen LogP contribution is -2.09. The second-order valence-electron chi connectivity index (χ2n) is 3.94. The van der Waals surface area contributed by atoms with Crippen molar-refractivity contribution in [2.75, 3.05) is 13.6 Å². The molecule has 0 saturated carbocycles. The van der Waals surface area contributed by atoms with Crippen LogP contribution in [0.3, 0.4) is 0 Å². The van der Waals surface area contributed by atoms with Crippen molar-refractivity contribution in [3.8, 4) is 0 Å². The Morgan fingerprint density at radius 3 is 3.06 bits per heavy atom. The molecule has 1 N–H and O–H groups in total. The predicted molar refractivity (Wildman–Crippen MR) is 69.9 cm³/mol. The molecule has 0 aliphatic heterocycles. The monoisotopic (exact) mass is 281 g/mol. The summed E-state index contributed by atoms with van der Waals surface area (Å²) in [6.07, 6.45) is 4.18. The summed E-state index contributed by atoms with van der Waals surface area (Å²) in [5, 5.41) is 3.16. The van der Waals surface area contributed by atoms with Crippen LogP contribution in [0, 0.1) is 6.92 Å². The minimum atomic E-state index is 0.949. The van der Waals surface area contributed by atoms with Crippen LogP contribution >= 0.6 is 15.9 Å². The van der Waals surface area contributed by atoms with Crippen molar-refractivity contribution >= 4 is 21.4 Å². The van der Waals surface area contributed by atoms with E-state index in [1.807, 2.05) is 7.05 Å². The molecule has 0 aliphatic carbocycles. The third-order valence-corrected chi connectivity index (χ3v) is 3.28. The molecule has 2 aromatic rings. The van der Waals surface area contributed by atoms with E-state index in [0.717, 1.165) is 29.8 Å². The highest BCUT2D eigenvalue weighted by Gasteiger charge is 2.09. The van der Waals surface area contributed by atoms with Gasteiger partial charge in [-0.25, -0.2) is 4.98 Å². The van der Waals surface area contributed by atoms with Crippen molar-refractivity contribution < 1.29 is 0 Å². The van der Waals surface area contributed by atoms with Gasteiger partial charge in [-0.2, -0.15) is 0 Å². The lowest BCUT2D eigenvalue weighted by atomic mass is 10.2. The van der Waals surface area contributed by atoms with Gasteiger partial charge in [0.15, 0.2) is 0 Å². The molecule has 0 amide bonds. The molecule has 2 heterocycles. The zero-order valence-electron chi connectivity index (χ0n) is 9.63. The second kappa shape index (κ2) is 4.97. The topological polar surface area (TPSA) is 29.3 Å². The molecule has 0 spiro atoms. The quantitative estimate of drug-likeness (QED) is 0.873. The van der Waals surface area contributed by atoms with Crippen LogP contribution < -0.4 is 5.32 Å². The fourth-order valence-electron chi connectivity index (χ4n) is 1.91. The predicted octanol–water partition coefficient (Wildman–Crippen LogP) is 2.56. The molecule has 3 nitrogen and oxygen atoms in total. The zero-order valence-corrected chi connectivity index (χ0v) is 11.2. The molecule has 0 unspecified atom stereocenters. The van der Waals surface area contributed by atoms with Crippen molar-refractivity contribution in [2.45, 2.75) is 19.8 Å². The van der Waals surface area contributed by atoms with Gasteiger partial charge in [0.05, 0.1) is 5.52 Å². The number of nitrogens with one attached hydrogen (secondary N) is 1. The maximum absolute atomic E-state index is 4.57. The molecule has 4 heteroatoms. The number of rotatable bonds is 4. The summed E-state index contributed by atoms with van der Waals surface area (Å²) in [4.78, 5) is 4.57. The van der Waals surface area contributed by atoms with Gasteiger partial charge in [-0.05, 0) is 54.5 Å². The molecular formula is C12H16BrN3. The first-order valence-corrected chi connectivity index (χ1v) is 6.30. The number of hydrogen-bond donors (Lipinski definition) is 1. The SMILES string of the molecule is CNCCCc1nc(Br)c2c(C)cccn12. The normalized spacial score (nSPS) is 11.2. The van der Waals surface area contributed by atoms with Crippen LogP contribution in [-0.2, 0) is 6.42 Å². The smallest absolute Gasteiger partial charge is 0.132 e. The van der Waals surface area contributed by atoms with Crippen LogP contribution in [0.25, 0.3) is 5.52 Å². The summed E-state index contributed by atoms with van der Waals surface area (Å²) in [6.45, 7) is 3.14. The average Bonchev–Trinajstić information content (AvgIpc) is 2.58. The Hall–Kier alpha value is -0.870. The fraction of sp³-hybridized carbons (Fsp3) is 0.417. The number of pyridine rings is 1. The number of imidazole rings is 1. The summed E-state index contributed by atoms with van der Waals surface area (Å²) < 4.78 is 3.12. The Labute approximate surface area is 104 Å². The van der Waals surface area contributed by atoms with E-state index in [2.05, 4.69) is 55.9 Å². The molecule has 0 aliphatic rings. The van der Waals surface area contributed by atoms with E-state index in [1.54, 1.807) is 0 Å². The highest BCUT2D eigenvalue weighted by atomic mass is 79.9. The number of nitrogens with zero attached hydrogens (tertiary/aromatic N) is 2. The van der Waals surface area contributed by atoms with Crippen molar-refractivity contribution in [1.29, 1.82) is 0 Å². The van der Waals surface area contributed by atoms with Crippen LogP contribution in [0.4, 0.5) is 0 Å². The number of hydrogen-bond acceptors (Lipinski definition) is 2. The van der Waals surface area contributed by atoms with Gasteiger partial charge in [0.1, 0.15) is 10.4 Å². The van der Waals surface area contributed by atoms with Crippen molar-refractivity contribution in [3.63, 3.8) is 0 Å². The first-order valence-electron chi connectivity index (χ1n) is 5.50. The molecule has 2 rings (SSSR count). The molecule has 0 fully saturated rings. The fourth-order valence-corrected chi connectivity index (χ4v) is 2.62. The van der Waals surface area contributed by atoms with Gasteiger partial charge in [0.25, 0.3) is 0 Å². The summed E-state index contributed by atoms with van der Waals surface area (Å²) in [6, 6.07) is 4.18. The summed E-state index contributed by atoms with van der Waals surface area (Å²) in [5.41, 5.74) is 2.43. The Morgan fingerprint density at radius 2 is 2.31 bits per heavy atom. The minimum absolute atomic E-state index is 0.949. The molecular weight excluding hydrogens is 266 g/mol. The maximum atomic E-state index is 4.57. The van der Waals surface area contributed by atoms with E-state index in [1.165, 1.54) is 11.1 Å². The van der Waals surface area contributed by atoms with E-state index in [9.17, 15) is 0 Å². The van der Waals surface area contributed by atoms with Crippen molar-refractivity contribution in [3.05, 3.63) is 34.3 Å². The lowest BCUT2D eigenvalue weighted by Gasteiger charge is -2.02. The Morgan fingerprint density at radius 1 is 1.50 bits per heavy atom. The second-order valence-corrected chi connectivity index (χ2v) is 4.69. The molecule has 2 aromatic heterocycles. The average molecular weight is 282 g/mol. The van der Waals surface area contributed by atoms with Gasteiger partial charge in [0, 0.05) is 12.6 Å². The van der Waals surface area contributed by atoms with Gasteiger partial charge in [-0.15, -0.1) is 0 Å². The van der Waals surface area contributed by atoms with Gasteiger partial charge in [-0.1, -0.05) is 6.07 Å². The summed E-state index contributed by atoms with van der Waals surface area (Å²) in [7, 11) is 1.98.